The number of aryl methyl sites for hydroxylation is 2. The summed E-state index contributed by atoms with van der Waals surface area (Å²) in [6, 6.07) is 4.54. The van der Waals surface area contributed by atoms with Crippen molar-refractivity contribution in [3.8, 4) is 22.5 Å². The molecule has 31 nitrogen and oxygen atoms in total. The first kappa shape index (κ1) is 98.6. The number of fused-ring (bicyclic) bond motifs is 2. The van der Waals surface area contributed by atoms with Gasteiger partial charge in [-0.15, -0.1) is 0 Å². The summed E-state index contributed by atoms with van der Waals surface area (Å²) in [4.78, 5) is 155. The number of carbonyl (C=O) groups is 9. The van der Waals surface area contributed by atoms with Crippen LogP contribution in [0.4, 0.5) is 18.4 Å². The van der Waals surface area contributed by atoms with Gasteiger partial charge in [-0.3, -0.25) is 33.9 Å². The lowest BCUT2D eigenvalue weighted by molar-refractivity contribution is -0.298. The molecule has 684 valence electrons. The van der Waals surface area contributed by atoms with Gasteiger partial charge in [0.25, 0.3) is 11.3 Å². The van der Waals surface area contributed by atoms with E-state index in [-0.39, 0.29) is 80.1 Å². The fraction of sp³-hybridized carbons (Fsp3) is 0.722. The number of aliphatic hydroxyl groups is 1. The number of rotatable bonds is 23. The molecule has 26 atom stereocenters. The largest absolute Gasteiger partial charge is 0.457 e. The monoisotopic (exact) mass is 1730 g/mol. The molecule has 4 aromatic heterocycles. The van der Waals surface area contributed by atoms with Crippen LogP contribution in [0.2, 0.25) is 0 Å². The molecule has 0 saturated carbocycles. The molecule has 0 spiro atoms. The van der Waals surface area contributed by atoms with Crippen molar-refractivity contribution in [1.29, 1.82) is 0 Å². The summed E-state index contributed by atoms with van der Waals surface area (Å²) < 4.78 is 93.8. The molecule has 10 unspecified atom stereocenters. The normalized spacial score (nSPS) is 36.6. The minimum absolute atomic E-state index is 0.00359. The quantitative estimate of drug-likeness (QED) is 0.0312. The zero-order valence-corrected chi connectivity index (χ0v) is 76.8. The number of halogens is 2. The maximum absolute atomic E-state index is 17.2. The van der Waals surface area contributed by atoms with Gasteiger partial charge < -0.3 is 86.3 Å². The number of imidazole rings is 2. The third-order valence-electron chi connectivity index (χ3n) is 27.4. The van der Waals surface area contributed by atoms with E-state index in [0.717, 1.165) is 36.4 Å². The molecule has 4 amide bonds. The topological polar surface area (TPSA) is 338 Å². The molecule has 10 rings (SSSR count). The highest BCUT2D eigenvalue weighted by Gasteiger charge is 2.65. The van der Waals surface area contributed by atoms with Gasteiger partial charge in [-0.25, -0.2) is 37.9 Å². The average Bonchev–Trinajstić information content (AvgIpc) is 1.58. The van der Waals surface area contributed by atoms with Crippen LogP contribution in [0.1, 0.15) is 182 Å². The minimum atomic E-state index is -3.18. The Hall–Kier alpha value is -8.15. The van der Waals surface area contributed by atoms with E-state index < -0.39 is 160 Å². The molecule has 0 radical (unpaired) electrons. The Bertz CT molecular complexity index is 4310. The second-order valence-corrected chi connectivity index (χ2v) is 36.7. The van der Waals surface area contributed by atoms with Crippen LogP contribution in [0.3, 0.4) is 0 Å². The number of Topliss-reactive ketones (excluding diaryl/α,β-unsaturated/α-hetero) is 4. The van der Waals surface area contributed by atoms with Crippen molar-refractivity contribution in [2.24, 2.45) is 35.5 Å². The Kier molecular flexibility index (Phi) is 32.3. The number of unbranched alkanes of at least 4 members (excludes halogenated alkanes) is 2. The van der Waals surface area contributed by atoms with E-state index in [9.17, 15) is 48.3 Å². The number of ketones is 4. The van der Waals surface area contributed by atoms with Gasteiger partial charge in [0, 0.05) is 151 Å². The highest BCUT2D eigenvalue weighted by atomic mass is 19.1. The summed E-state index contributed by atoms with van der Waals surface area (Å²) in [6.07, 6.45) is 8.03. The molecule has 10 heterocycles. The number of ether oxygens (including phenoxy) is 9. The zero-order valence-electron chi connectivity index (χ0n) is 76.8. The summed E-state index contributed by atoms with van der Waals surface area (Å²) in [5, 5.41) is 11.4. The Morgan fingerprint density at radius 3 is 1.29 bits per heavy atom. The maximum Gasteiger partial charge on any atom is 0.351 e. The number of carbonyl (C=O) groups excluding carboxylic acids is 9. The standard InChI is InChI=1S/C46H69FN6O10.C44H67FN6O9/c1-14-35-46(9)38(53(43(58)51(46)12)21-16-15-20-52-25-33(49-26-52)32-18-17-19-48-24-32)29(4)36(55)27(2)23-44(7,59-13)40(30(5)39(56)45(8,47)42(57)62-35)63-41-37(61-31(6)54)34(50(10)11)22-28(3)60-41;1-13-33-44(8)36(51(41(56)49(44)11)20-15-14-19-50-24-31(47-25-50)30-17-16-18-46-23-30)28(4)34(52)26(2)22-42(6,57-12)38(29(5)37(54)43(7,45)40(55)59-33)60-39-35(53)32(48(9)10)21-27(3)58-39/h17-19,24-30,34-35,37-38,40-41H,14-16,20-23H2,1-13H3;16-18,23-29,32-33,35-36,38-39,53H,13-15,19-22H2,1-12H3/t27-,28-,29+,30+,34?,35-,37?,38?,40?,41?,44+,45+,46-;26-,27-,28+,29+,32?,33-,35?,36?,38?,39?,42+,43+,44-/m11/s1. The Morgan fingerprint density at radius 1 is 0.561 bits per heavy atom. The molecule has 0 aliphatic carbocycles. The lowest BCUT2D eigenvalue weighted by atomic mass is 9.72. The SMILES string of the molecule is CC[C@H]1OC(=O)[C@@](C)(F)C(=O)[C@H](C)C(OC2O[C@H](C)CC(N(C)C)C2O)[C@@](C)(OC)C[C@@H](C)C(=O)[C@H](C)C2N(CCCCn3cnc(-c4cccnc4)c3)C(=O)N(C)[C@@]21C.CC[C@H]1OC(=O)[C@@](C)(F)C(=O)[C@H](C)C(OC2O[C@H](C)CC(N(C)C)C2OC(C)=O)[C@@](C)(OC)C[C@@H](C)C(=O)[C@H](C)C2N(CCCCn3cnc(-c4cccnc4)c3)C(=O)N(C)[C@@]21C. The van der Waals surface area contributed by atoms with Gasteiger partial charge >= 0.3 is 30.0 Å². The van der Waals surface area contributed by atoms with E-state index in [1.165, 1.54) is 44.8 Å². The summed E-state index contributed by atoms with van der Waals surface area (Å²) in [5.41, 5.74) is -8.46. The van der Waals surface area contributed by atoms with Crippen molar-refractivity contribution in [3.05, 3.63) is 74.1 Å². The molecule has 123 heavy (non-hydrogen) atoms. The highest BCUT2D eigenvalue weighted by Crippen LogP contribution is 2.48. The van der Waals surface area contributed by atoms with Gasteiger partial charge in [-0.2, -0.15) is 0 Å². The zero-order chi connectivity index (χ0) is 91.2. The van der Waals surface area contributed by atoms with Gasteiger partial charge in [0.1, 0.15) is 29.9 Å². The maximum atomic E-state index is 17.2. The molecule has 6 aliphatic heterocycles. The smallest absolute Gasteiger partial charge is 0.351 e. The molecule has 0 aromatic carbocycles. The number of pyridine rings is 2. The predicted molar refractivity (Wildman–Crippen MR) is 452 cm³/mol. The average molecular weight is 1730 g/mol. The molecule has 6 aliphatic rings. The van der Waals surface area contributed by atoms with Crippen LogP contribution in [0.5, 0.6) is 0 Å². The first-order valence-electron chi connectivity index (χ1n) is 43.5. The number of likely N-dealkylation sites (N-methyl/N-ethyl adjacent to an activating group) is 4. The number of urea groups is 2. The van der Waals surface area contributed by atoms with Crippen molar-refractivity contribution < 1.29 is 99.7 Å². The first-order valence-corrected chi connectivity index (χ1v) is 43.5. The van der Waals surface area contributed by atoms with E-state index in [2.05, 4.69) is 19.9 Å². The van der Waals surface area contributed by atoms with E-state index in [1.54, 1.807) is 131 Å². The summed E-state index contributed by atoms with van der Waals surface area (Å²) >= 11 is 0. The van der Waals surface area contributed by atoms with Crippen LogP contribution in [0.15, 0.2) is 74.1 Å². The number of methoxy groups -OCH3 is 2. The molecular weight excluding hydrogens is 1590 g/mol. The van der Waals surface area contributed by atoms with Gasteiger partial charge in [0.15, 0.2) is 30.3 Å². The molecular formula is C90H136F2N12O19. The summed E-state index contributed by atoms with van der Waals surface area (Å²) in [5.74, 6) is -11.8. The van der Waals surface area contributed by atoms with E-state index >= 15 is 8.78 Å². The first-order chi connectivity index (χ1) is 57.7. The van der Waals surface area contributed by atoms with Crippen LogP contribution in [-0.2, 0) is 89.3 Å². The van der Waals surface area contributed by atoms with Gasteiger partial charge in [0.05, 0.1) is 88.9 Å². The highest BCUT2D eigenvalue weighted by molar-refractivity contribution is 6.08. The molecule has 6 fully saturated rings. The minimum Gasteiger partial charge on any atom is -0.457 e. The molecule has 4 aromatic rings. The number of aliphatic hydroxyl groups excluding tert-OH is 1. The van der Waals surface area contributed by atoms with Crippen molar-refractivity contribution in [2.75, 3.05) is 69.6 Å². The van der Waals surface area contributed by atoms with Crippen LogP contribution in [0, 0.1) is 35.5 Å². The van der Waals surface area contributed by atoms with Crippen molar-refractivity contribution >= 4 is 53.1 Å². The van der Waals surface area contributed by atoms with Crippen LogP contribution in [-0.4, -0.2) is 305 Å². The van der Waals surface area contributed by atoms with Crippen molar-refractivity contribution in [2.45, 2.75) is 314 Å². The van der Waals surface area contributed by atoms with Crippen LogP contribution < -0.4 is 0 Å². The fourth-order valence-corrected chi connectivity index (χ4v) is 20.1. The summed E-state index contributed by atoms with van der Waals surface area (Å²) in [6.45, 7) is 28.9. The fourth-order valence-electron chi connectivity index (χ4n) is 20.1. The molecule has 0 bridgehead atoms. The predicted octanol–water partition coefficient (Wildman–Crippen LogP) is 10.4. The Labute approximate surface area is 723 Å². The molecule has 6 saturated heterocycles. The number of hydrogen-bond acceptors (Lipinski definition) is 25. The number of hydrogen-bond donors (Lipinski definition) is 1. The summed E-state index contributed by atoms with van der Waals surface area (Å²) in [7, 11) is 13.4. The second kappa shape index (κ2) is 40.2. The lowest BCUT2D eigenvalue weighted by Crippen LogP contribution is -2.63. The number of cyclic esters (lactones) is 2. The second-order valence-electron chi connectivity index (χ2n) is 36.7. The third-order valence-corrected chi connectivity index (χ3v) is 27.4. The van der Waals surface area contributed by atoms with Crippen LogP contribution in [0.25, 0.3) is 22.5 Å². The Morgan fingerprint density at radius 2 is 0.935 bits per heavy atom. The van der Waals surface area contributed by atoms with Crippen molar-refractivity contribution in [1.82, 2.24) is 58.5 Å². The van der Waals surface area contributed by atoms with Crippen LogP contribution >= 0.6 is 0 Å². The van der Waals surface area contributed by atoms with Gasteiger partial charge in [-0.1, -0.05) is 55.4 Å². The van der Waals surface area contributed by atoms with E-state index in [0.29, 0.717) is 58.2 Å². The number of nitrogens with zero attached hydrogens (tertiary/aromatic N) is 12. The lowest BCUT2D eigenvalue weighted by Gasteiger charge is -2.48. The number of esters is 3. The third kappa shape index (κ3) is 20.5. The van der Waals surface area contributed by atoms with Crippen molar-refractivity contribution in [3.63, 3.8) is 0 Å². The molecule has 33 heteroatoms. The Balaban J connectivity index is 0.000000279. The number of aromatic nitrogens is 6. The van der Waals surface area contributed by atoms with Gasteiger partial charge in [0.2, 0.25) is 0 Å². The van der Waals surface area contributed by atoms with E-state index in [4.69, 9.17) is 42.6 Å². The van der Waals surface area contributed by atoms with E-state index in [1.807, 2.05) is 97.6 Å². The number of alkyl halides is 2. The molecule has 1 N–H and O–H groups in total. The number of amides is 4. The van der Waals surface area contributed by atoms with Gasteiger partial charge in [-0.05, 0) is 172 Å².